The van der Waals surface area contributed by atoms with E-state index in [4.69, 9.17) is 18.9 Å². The molecule has 182 valence electrons. The lowest BCUT2D eigenvalue weighted by molar-refractivity contribution is -0.204. The number of aliphatic hydroxyl groups is 1. The summed E-state index contributed by atoms with van der Waals surface area (Å²) < 4.78 is 22.5. The second-order valence-corrected chi connectivity index (χ2v) is 9.77. The Bertz CT molecular complexity index is 900. The quantitative estimate of drug-likeness (QED) is 0.281. The van der Waals surface area contributed by atoms with Gasteiger partial charge < -0.3 is 24.1 Å². The minimum absolute atomic E-state index is 0.00525. The number of fused-ring (bicyclic) bond motifs is 3. The molecule has 0 bridgehead atoms. The molecule has 0 radical (unpaired) electrons. The first kappa shape index (κ1) is 25.0. The highest BCUT2D eigenvalue weighted by molar-refractivity contribution is 5.91. The van der Waals surface area contributed by atoms with E-state index in [2.05, 4.69) is 6.58 Å². The molecular formula is C24H32O9. The third kappa shape index (κ3) is 4.55. The second kappa shape index (κ2) is 8.93. The smallest absolute Gasteiger partial charge is 0.334 e. The van der Waals surface area contributed by atoms with E-state index < -0.39 is 71.6 Å². The van der Waals surface area contributed by atoms with E-state index in [9.17, 15) is 24.3 Å². The number of hydrogen-bond acceptors (Lipinski definition) is 9. The summed E-state index contributed by atoms with van der Waals surface area (Å²) >= 11 is 0. The van der Waals surface area contributed by atoms with Gasteiger partial charge in [0.25, 0.3) is 0 Å². The van der Waals surface area contributed by atoms with Crippen LogP contribution in [0.2, 0.25) is 0 Å². The number of rotatable bonds is 5. The Morgan fingerprint density at radius 2 is 1.76 bits per heavy atom. The van der Waals surface area contributed by atoms with Gasteiger partial charge in [-0.25, -0.2) is 4.79 Å². The van der Waals surface area contributed by atoms with E-state index in [0.29, 0.717) is 0 Å². The minimum atomic E-state index is -1.81. The first-order valence-electron chi connectivity index (χ1n) is 11.1. The number of esters is 4. The van der Waals surface area contributed by atoms with Crippen molar-refractivity contribution in [2.75, 3.05) is 0 Å². The van der Waals surface area contributed by atoms with Crippen LogP contribution in [0.1, 0.15) is 48.0 Å². The van der Waals surface area contributed by atoms with Crippen LogP contribution in [-0.4, -0.2) is 59.0 Å². The van der Waals surface area contributed by atoms with Crippen molar-refractivity contribution in [3.63, 3.8) is 0 Å². The summed E-state index contributed by atoms with van der Waals surface area (Å²) in [5, 5.41) is 11.8. The molecule has 0 aromatic heterocycles. The lowest BCUT2D eigenvalue weighted by Gasteiger charge is -2.42. The van der Waals surface area contributed by atoms with E-state index in [1.807, 2.05) is 13.8 Å². The summed E-state index contributed by atoms with van der Waals surface area (Å²) in [5.74, 6) is -4.76. The van der Waals surface area contributed by atoms with Crippen molar-refractivity contribution in [3.05, 3.63) is 23.8 Å². The first-order valence-corrected chi connectivity index (χ1v) is 11.1. The van der Waals surface area contributed by atoms with Crippen LogP contribution < -0.4 is 0 Å². The van der Waals surface area contributed by atoms with Crippen molar-refractivity contribution >= 4 is 23.9 Å². The van der Waals surface area contributed by atoms with Crippen LogP contribution in [0, 0.1) is 23.7 Å². The Hall–Kier alpha value is -2.68. The van der Waals surface area contributed by atoms with E-state index in [1.54, 1.807) is 13.0 Å². The number of hydrogen-bond donors (Lipinski definition) is 1. The molecule has 0 spiro atoms. The van der Waals surface area contributed by atoms with Crippen molar-refractivity contribution in [1.29, 1.82) is 0 Å². The Morgan fingerprint density at radius 3 is 2.30 bits per heavy atom. The van der Waals surface area contributed by atoms with Crippen molar-refractivity contribution < 1.29 is 43.2 Å². The van der Waals surface area contributed by atoms with Gasteiger partial charge in [0.15, 0.2) is 12.2 Å². The predicted octanol–water partition coefficient (Wildman–Crippen LogP) is 1.86. The van der Waals surface area contributed by atoms with Gasteiger partial charge in [-0.15, -0.1) is 0 Å². The lowest BCUT2D eigenvalue weighted by atomic mass is 9.74. The summed E-state index contributed by atoms with van der Waals surface area (Å²) in [6, 6.07) is 0. The number of carbonyl (C=O) groups excluding carboxylic acids is 4. The molecule has 2 fully saturated rings. The fourth-order valence-corrected chi connectivity index (χ4v) is 5.45. The Kier molecular flexibility index (Phi) is 6.75. The maximum atomic E-state index is 12.7. The summed E-state index contributed by atoms with van der Waals surface area (Å²) in [6.07, 6.45) is -2.51. The molecular weight excluding hydrogens is 432 g/mol. The molecule has 1 saturated carbocycles. The maximum absolute atomic E-state index is 12.7. The van der Waals surface area contributed by atoms with E-state index in [-0.39, 0.29) is 17.9 Å². The fraction of sp³-hybridized carbons (Fsp3) is 0.667. The lowest BCUT2D eigenvalue weighted by Crippen LogP contribution is -2.57. The second-order valence-electron chi connectivity index (χ2n) is 9.77. The molecule has 1 N–H and O–H groups in total. The van der Waals surface area contributed by atoms with E-state index >= 15 is 0 Å². The average molecular weight is 465 g/mol. The predicted molar refractivity (Wildman–Crippen MR) is 114 cm³/mol. The van der Waals surface area contributed by atoms with Gasteiger partial charge in [-0.3, -0.25) is 14.4 Å². The molecule has 1 saturated heterocycles. The van der Waals surface area contributed by atoms with Gasteiger partial charge in [0, 0.05) is 37.7 Å². The van der Waals surface area contributed by atoms with Gasteiger partial charge >= 0.3 is 23.9 Å². The van der Waals surface area contributed by atoms with Crippen LogP contribution in [0.15, 0.2) is 23.8 Å². The van der Waals surface area contributed by atoms with Crippen molar-refractivity contribution in [1.82, 2.24) is 0 Å². The highest BCUT2D eigenvalue weighted by atomic mass is 16.6. The van der Waals surface area contributed by atoms with Crippen LogP contribution in [-0.2, 0) is 38.1 Å². The normalized spacial score (nSPS) is 37.5. The molecule has 3 rings (SSSR count). The zero-order chi connectivity index (χ0) is 24.8. The molecule has 0 aromatic carbocycles. The van der Waals surface area contributed by atoms with Crippen LogP contribution in [0.5, 0.6) is 0 Å². The van der Waals surface area contributed by atoms with Crippen LogP contribution in [0.4, 0.5) is 0 Å². The molecule has 0 amide bonds. The average Bonchev–Trinajstić information content (AvgIpc) is 3.10. The van der Waals surface area contributed by atoms with Crippen LogP contribution >= 0.6 is 0 Å². The Balaban J connectivity index is 2.17. The van der Waals surface area contributed by atoms with Crippen molar-refractivity contribution in [2.24, 2.45) is 23.7 Å². The third-order valence-corrected chi connectivity index (χ3v) is 6.65. The molecule has 2 aliphatic carbocycles. The first-order chi connectivity index (χ1) is 15.2. The Labute approximate surface area is 193 Å². The highest BCUT2D eigenvalue weighted by Gasteiger charge is 2.66. The molecule has 9 nitrogen and oxygen atoms in total. The Morgan fingerprint density at radius 1 is 1.15 bits per heavy atom. The summed E-state index contributed by atoms with van der Waals surface area (Å²) in [7, 11) is 0. The third-order valence-electron chi connectivity index (χ3n) is 6.65. The van der Waals surface area contributed by atoms with E-state index in [0.717, 1.165) is 5.57 Å². The number of carbonyl (C=O) groups is 4. The SMILES string of the molecule is C=C1C(=O)OC2C1C(OC(=O)CC(C)C)C(OC(C)=O)C(C)(O)C1C(OC(C)=O)C=C(C)C21. The standard InChI is InChI=1S/C24H32O9/c1-10(2)8-16(27)32-21-18-12(4)23(28)33-20(18)17-11(3)9-15(30-13(5)25)19(17)24(7,29)22(21)31-14(6)26/h9-10,15,17-22,29H,4,8H2,1-3,5-7H3. The van der Waals surface area contributed by atoms with Gasteiger partial charge in [0.05, 0.1) is 5.92 Å². The fourth-order valence-electron chi connectivity index (χ4n) is 5.45. The zero-order valence-electron chi connectivity index (χ0n) is 19.8. The molecule has 8 atom stereocenters. The molecule has 1 heterocycles. The highest BCUT2D eigenvalue weighted by Crippen LogP contribution is 2.54. The van der Waals surface area contributed by atoms with Crippen LogP contribution in [0.3, 0.4) is 0 Å². The summed E-state index contributed by atoms with van der Waals surface area (Å²) in [4.78, 5) is 49.1. The van der Waals surface area contributed by atoms with Crippen molar-refractivity contribution in [2.45, 2.75) is 78.0 Å². The van der Waals surface area contributed by atoms with Crippen LogP contribution in [0.25, 0.3) is 0 Å². The maximum Gasteiger partial charge on any atom is 0.334 e. The molecule has 9 heteroatoms. The number of ether oxygens (including phenoxy) is 4. The van der Waals surface area contributed by atoms with Crippen molar-refractivity contribution in [3.8, 4) is 0 Å². The van der Waals surface area contributed by atoms with Gasteiger partial charge in [0.2, 0.25) is 0 Å². The van der Waals surface area contributed by atoms with Gasteiger partial charge in [-0.1, -0.05) is 26.0 Å². The molecule has 3 aliphatic rings. The zero-order valence-corrected chi connectivity index (χ0v) is 19.8. The molecule has 8 unspecified atom stereocenters. The molecule has 0 aromatic rings. The van der Waals surface area contributed by atoms with E-state index in [1.165, 1.54) is 20.8 Å². The molecule has 1 aliphatic heterocycles. The monoisotopic (exact) mass is 464 g/mol. The minimum Gasteiger partial charge on any atom is -0.458 e. The van der Waals surface area contributed by atoms with Gasteiger partial charge in [-0.2, -0.15) is 0 Å². The molecule has 33 heavy (non-hydrogen) atoms. The topological polar surface area (TPSA) is 125 Å². The van der Waals surface area contributed by atoms with Gasteiger partial charge in [-0.05, 0) is 25.8 Å². The summed E-state index contributed by atoms with van der Waals surface area (Å²) in [6.45, 7) is 13.2. The van der Waals surface area contributed by atoms with Gasteiger partial charge in [0.1, 0.15) is 17.8 Å². The summed E-state index contributed by atoms with van der Waals surface area (Å²) in [5.41, 5.74) is -1.01. The largest absolute Gasteiger partial charge is 0.458 e.